The zero-order valence-corrected chi connectivity index (χ0v) is 20.8. The molecule has 0 radical (unpaired) electrons. The number of nitrogens with one attached hydrogen (secondary N) is 3. The van der Waals surface area contributed by atoms with Crippen molar-refractivity contribution in [2.45, 2.75) is 58.4 Å². The number of benzene rings is 1. The molecule has 2 rings (SSSR count). The number of aryl methyl sites for hydroxylation is 1. The smallest absolute Gasteiger partial charge is 0.242 e. The summed E-state index contributed by atoms with van der Waals surface area (Å²) in [6, 6.07) is 8.58. The fourth-order valence-corrected chi connectivity index (χ4v) is 3.67. The average molecular weight is 516 g/mol. The lowest BCUT2D eigenvalue weighted by Crippen LogP contribution is -2.49. The Morgan fingerprint density at radius 1 is 1.17 bits per heavy atom. The molecule has 164 valence electrons. The molecule has 0 spiro atoms. The Bertz CT molecular complexity index is 680. The molecule has 1 amide bonds. The largest absolute Gasteiger partial charge is 0.381 e. The number of carbonyl (C=O) groups excluding carboxylic acids is 1. The molecule has 1 fully saturated rings. The monoisotopic (exact) mass is 516 g/mol. The van der Waals surface area contributed by atoms with Crippen molar-refractivity contribution >= 4 is 35.8 Å². The van der Waals surface area contributed by atoms with Crippen LogP contribution in [-0.2, 0) is 14.9 Å². The molecule has 0 saturated carbocycles. The first-order valence-corrected chi connectivity index (χ1v) is 10.2. The van der Waals surface area contributed by atoms with E-state index in [1.807, 2.05) is 27.7 Å². The van der Waals surface area contributed by atoms with Gasteiger partial charge in [0.25, 0.3) is 0 Å². The summed E-state index contributed by atoms with van der Waals surface area (Å²) in [7, 11) is 0. The van der Waals surface area contributed by atoms with Crippen molar-refractivity contribution < 1.29 is 9.53 Å². The third-order valence-electron chi connectivity index (χ3n) is 5.00. The predicted octanol–water partition coefficient (Wildman–Crippen LogP) is 3.13. The van der Waals surface area contributed by atoms with E-state index in [0.717, 1.165) is 39.1 Å². The molecular formula is C22H37IN4O2. The highest BCUT2D eigenvalue weighted by molar-refractivity contribution is 14.0. The second-order valence-electron chi connectivity index (χ2n) is 8.55. The topological polar surface area (TPSA) is 74.8 Å². The van der Waals surface area contributed by atoms with Crippen molar-refractivity contribution in [1.82, 2.24) is 16.0 Å². The van der Waals surface area contributed by atoms with Crippen molar-refractivity contribution in [2.24, 2.45) is 4.99 Å². The number of hydrogen-bond donors (Lipinski definition) is 3. The summed E-state index contributed by atoms with van der Waals surface area (Å²) >= 11 is 0. The molecule has 29 heavy (non-hydrogen) atoms. The van der Waals surface area contributed by atoms with Crippen molar-refractivity contribution in [3.05, 3.63) is 35.4 Å². The van der Waals surface area contributed by atoms with Crippen molar-refractivity contribution in [3.8, 4) is 0 Å². The van der Waals surface area contributed by atoms with E-state index in [1.54, 1.807) is 0 Å². The minimum atomic E-state index is -0.255. The highest BCUT2D eigenvalue weighted by Gasteiger charge is 2.35. The second kappa shape index (κ2) is 11.7. The van der Waals surface area contributed by atoms with Gasteiger partial charge in [0.15, 0.2) is 5.96 Å². The van der Waals surface area contributed by atoms with Gasteiger partial charge in [0.1, 0.15) is 6.54 Å². The number of nitrogens with zero attached hydrogens (tertiary/aromatic N) is 1. The lowest BCUT2D eigenvalue weighted by Gasteiger charge is -2.39. The summed E-state index contributed by atoms with van der Waals surface area (Å²) in [5, 5.41) is 9.67. The summed E-state index contributed by atoms with van der Waals surface area (Å²) in [6.07, 6.45) is 1.93. The molecule has 1 aromatic rings. The number of hydrogen-bond acceptors (Lipinski definition) is 3. The number of guanidine groups is 1. The lowest BCUT2D eigenvalue weighted by molar-refractivity contribution is -0.121. The van der Waals surface area contributed by atoms with Crippen LogP contribution in [0.5, 0.6) is 0 Å². The van der Waals surface area contributed by atoms with E-state index in [1.165, 1.54) is 11.1 Å². The molecule has 1 heterocycles. The highest BCUT2D eigenvalue weighted by atomic mass is 127. The van der Waals surface area contributed by atoms with Gasteiger partial charge in [-0.1, -0.05) is 24.3 Å². The number of rotatable bonds is 6. The summed E-state index contributed by atoms with van der Waals surface area (Å²) in [5.41, 5.74) is 2.42. The van der Waals surface area contributed by atoms with E-state index < -0.39 is 0 Å². The molecule has 0 bridgehead atoms. The van der Waals surface area contributed by atoms with Crippen LogP contribution in [0.3, 0.4) is 0 Å². The Labute approximate surface area is 192 Å². The Kier molecular flexibility index (Phi) is 10.4. The first-order valence-electron chi connectivity index (χ1n) is 10.2. The van der Waals surface area contributed by atoms with Gasteiger partial charge in [-0.3, -0.25) is 4.79 Å². The highest BCUT2D eigenvalue weighted by Crippen LogP contribution is 2.36. The van der Waals surface area contributed by atoms with Crippen LogP contribution in [-0.4, -0.2) is 50.3 Å². The average Bonchev–Trinajstić information content (AvgIpc) is 2.64. The van der Waals surface area contributed by atoms with Crippen LogP contribution in [0.4, 0.5) is 0 Å². The molecular weight excluding hydrogens is 479 g/mol. The van der Waals surface area contributed by atoms with Crippen LogP contribution in [0, 0.1) is 6.92 Å². The Morgan fingerprint density at radius 2 is 1.83 bits per heavy atom. The van der Waals surface area contributed by atoms with Gasteiger partial charge in [0, 0.05) is 37.3 Å². The predicted molar refractivity (Wildman–Crippen MR) is 130 cm³/mol. The van der Waals surface area contributed by atoms with Gasteiger partial charge < -0.3 is 20.7 Å². The minimum Gasteiger partial charge on any atom is -0.381 e. The van der Waals surface area contributed by atoms with Gasteiger partial charge in [0.2, 0.25) is 5.91 Å². The zero-order valence-electron chi connectivity index (χ0n) is 18.4. The second-order valence-corrected chi connectivity index (χ2v) is 8.55. The Balaban J connectivity index is 0.00000420. The maximum atomic E-state index is 12.1. The van der Waals surface area contributed by atoms with E-state index in [-0.39, 0.29) is 47.4 Å². The first-order chi connectivity index (χ1) is 13.3. The zero-order chi connectivity index (χ0) is 20.6. The number of carbonyl (C=O) groups is 1. The molecule has 1 aliphatic heterocycles. The quantitative estimate of drug-likeness (QED) is 0.309. The summed E-state index contributed by atoms with van der Waals surface area (Å²) in [6.45, 7) is 13.2. The van der Waals surface area contributed by atoms with Gasteiger partial charge in [-0.25, -0.2) is 4.99 Å². The summed E-state index contributed by atoms with van der Waals surface area (Å²) in [4.78, 5) is 16.6. The van der Waals surface area contributed by atoms with E-state index in [2.05, 4.69) is 52.1 Å². The number of amides is 1. The van der Waals surface area contributed by atoms with Crippen LogP contribution in [0.2, 0.25) is 0 Å². The molecule has 7 heteroatoms. The molecule has 0 aliphatic carbocycles. The van der Waals surface area contributed by atoms with Crippen molar-refractivity contribution in [3.63, 3.8) is 0 Å². The van der Waals surface area contributed by atoms with Crippen LogP contribution in [0.25, 0.3) is 0 Å². The van der Waals surface area contributed by atoms with Crippen LogP contribution in [0.15, 0.2) is 29.3 Å². The minimum absolute atomic E-state index is 0. The molecule has 1 aliphatic rings. The number of halogens is 1. The van der Waals surface area contributed by atoms with Crippen molar-refractivity contribution in [1.29, 1.82) is 0 Å². The maximum absolute atomic E-state index is 12.1. The van der Waals surface area contributed by atoms with Crippen LogP contribution in [0.1, 0.15) is 51.7 Å². The van der Waals surface area contributed by atoms with E-state index >= 15 is 0 Å². The van der Waals surface area contributed by atoms with Gasteiger partial charge in [0.05, 0.1) is 0 Å². The van der Waals surface area contributed by atoms with Crippen molar-refractivity contribution in [2.75, 3.05) is 32.8 Å². The van der Waals surface area contributed by atoms with E-state index in [0.29, 0.717) is 5.96 Å². The maximum Gasteiger partial charge on any atom is 0.242 e. The third kappa shape index (κ3) is 8.12. The fraction of sp³-hybridized carbons (Fsp3) is 0.636. The first kappa shape index (κ1) is 25.7. The van der Waals surface area contributed by atoms with Gasteiger partial charge in [-0.15, -0.1) is 24.0 Å². The van der Waals surface area contributed by atoms with Crippen LogP contribution >= 0.6 is 24.0 Å². The third-order valence-corrected chi connectivity index (χ3v) is 5.00. The standard InChI is InChI=1S/C22H36N4O2.HI/c1-6-23-20(24-15-19(27)26-21(3,4)5)25-16-22(11-13-28-14-12-22)18-10-8-7-9-17(18)2;/h7-10H,6,11-16H2,1-5H3,(H,26,27)(H2,23,24,25);1H. The lowest BCUT2D eigenvalue weighted by atomic mass is 9.72. The van der Waals surface area contributed by atoms with Gasteiger partial charge in [-0.05, 0) is 58.6 Å². The molecule has 1 aromatic carbocycles. The molecule has 3 N–H and O–H groups in total. The molecule has 0 atom stereocenters. The van der Waals surface area contributed by atoms with E-state index in [4.69, 9.17) is 4.74 Å². The number of aliphatic imine (C=N–C) groups is 1. The Morgan fingerprint density at radius 3 is 2.41 bits per heavy atom. The summed E-state index contributed by atoms with van der Waals surface area (Å²) < 4.78 is 5.64. The normalized spacial score (nSPS) is 16.5. The molecule has 0 aromatic heterocycles. The molecule has 6 nitrogen and oxygen atoms in total. The fourth-order valence-electron chi connectivity index (χ4n) is 3.67. The Hall–Kier alpha value is -1.35. The van der Waals surface area contributed by atoms with Gasteiger partial charge in [-0.2, -0.15) is 0 Å². The SMILES string of the molecule is CCNC(=NCC(=O)NC(C)(C)C)NCC1(c2ccccc2C)CCOCC1.I. The number of ether oxygens (including phenoxy) is 1. The summed E-state index contributed by atoms with van der Waals surface area (Å²) in [5.74, 6) is 0.593. The van der Waals surface area contributed by atoms with Crippen LogP contribution < -0.4 is 16.0 Å². The molecule has 1 saturated heterocycles. The molecule has 0 unspecified atom stereocenters. The van der Waals surface area contributed by atoms with Gasteiger partial charge >= 0.3 is 0 Å². The van der Waals surface area contributed by atoms with E-state index in [9.17, 15) is 4.79 Å².